The quantitative estimate of drug-likeness (QED) is 0.503. The largest absolute Gasteiger partial charge is 0.372 e. The first-order valence-corrected chi connectivity index (χ1v) is 3.09. The van der Waals surface area contributed by atoms with Crippen molar-refractivity contribution in [2.75, 3.05) is 18.9 Å². The lowest BCUT2D eigenvalue weighted by atomic mass is 10.2. The van der Waals surface area contributed by atoms with Gasteiger partial charge >= 0.3 is 0 Å². The van der Waals surface area contributed by atoms with Crippen LogP contribution in [0, 0.1) is 10.1 Å². The van der Waals surface area contributed by atoms with Crippen LogP contribution in [0.3, 0.4) is 0 Å². The van der Waals surface area contributed by atoms with Crippen molar-refractivity contribution in [3.8, 4) is 0 Å². The van der Waals surface area contributed by atoms with Crippen LogP contribution in [0.25, 0.3) is 0 Å². The number of nitrogens with zero attached hydrogens (tertiary/aromatic N) is 2. The molecule has 0 radical (unpaired) electrons. The zero-order valence-corrected chi connectivity index (χ0v) is 6.02. The van der Waals surface area contributed by atoms with Gasteiger partial charge in [-0.15, -0.1) is 0 Å². The number of nitro groups is 1. The standard InChI is InChI=1S/C8H10N2O2/c1-9(2)7-5-3-4-6-8(7)10(11)12/h3-6H,1-2H3/i1D3,2D3. The van der Waals surface area contributed by atoms with Gasteiger partial charge in [0.2, 0.25) is 0 Å². The van der Waals surface area contributed by atoms with Crippen LogP contribution in [0.1, 0.15) is 8.22 Å². The SMILES string of the molecule is [2H]C([2H])([2H])N(c1ccccc1[N+](=O)[O-])C([2H])([2H])[2H]. The molecular formula is C8H10N2O2. The molecule has 0 heterocycles. The van der Waals surface area contributed by atoms with Crippen LogP contribution in [0.4, 0.5) is 11.4 Å². The molecule has 0 spiro atoms. The highest BCUT2D eigenvalue weighted by atomic mass is 16.6. The second-order valence-corrected chi connectivity index (χ2v) is 2.08. The van der Waals surface area contributed by atoms with Crippen LogP contribution in [0.15, 0.2) is 24.3 Å². The van der Waals surface area contributed by atoms with E-state index in [1.165, 1.54) is 12.1 Å². The third-order valence-corrected chi connectivity index (χ3v) is 1.32. The molecule has 0 saturated heterocycles. The Kier molecular flexibility index (Phi) is 0.918. The fourth-order valence-electron chi connectivity index (χ4n) is 0.808. The molecule has 0 aliphatic carbocycles. The van der Waals surface area contributed by atoms with Crippen LogP contribution in [-0.4, -0.2) is 18.9 Å². The molecule has 0 N–H and O–H groups in total. The fourth-order valence-corrected chi connectivity index (χ4v) is 0.808. The number of benzene rings is 1. The summed E-state index contributed by atoms with van der Waals surface area (Å²) in [6.45, 7) is -6.01. The lowest BCUT2D eigenvalue weighted by Gasteiger charge is -2.11. The van der Waals surface area contributed by atoms with E-state index in [1.807, 2.05) is 0 Å². The Morgan fingerprint density at radius 3 is 2.75 bits per heavy atom. The highest BCUT2D eigenvalue weighted by Crippen LogP contribution is 2.24. The predicted octanol–water partition coefficient (Wildman–Crippen LogP) is 1.66. The molecule has 0 unspecified atom stereocenters. The first-order chi connectivity index (χ1) is 8.05. The van der Waals surface area contributed by atoms with Crippen LogP contribution in [0.2, 0.25) is 0 Å². The molecule has 1 rings (SSSR count). The molecular weight excluding hydrogens is 156 g/mol. The summed E-state index contributed by atoms with van der Waals surface area (Å²) in [4.78, 5) is 10.1. The normalized spacial score (nSPS) is 19.0. The van der Waals surface area contributed by atoms with E-state index in [9.17, 15) is 10.1 Å². The van der Waals surface area contributed by atoms with Crippen molar-refractivity contribution in [1.29, 1.82) is 0 Å². The summed E-state index contributed by atoms with van der Waals surface area (Å²) in [7, 11) is 0. The highest BCUT2D eigenvalue weighted by molar-refractivity contribution is 5.61. The molecule has 0 bridgehead atoms. The molecule has 0 fully saturated rings. The van der Waals surface area contributed by atoms with Crippen LogP contribution >= 0.6 is 0 Å². The average Bonchev–Trinajstić information content (AvgIpc) is 2.13. The summed E-state index contributed by atoms with van der Waals surface area (Å²) in [6.07, 6.45) is 0. The second kappa shape index (κ2) is 3.21. The van der Waals surface area contributed by atoms with Crippen LogP contribution in [0.5, 0.6) is 0 Å². The number of hydrogen-bond donors (Lipinski definition) is 0. The van der Waals surface area contributed by atoms with Gasteiger partial charge in [-0.25, -0.2) is 0 Å². The van der Waals surface area contributed by atoms with Gasteiger partial charge in [-0.05, 0) is 6.07 Å². The second-order valence-electron chi connectivity index (χ2n) is 2.08. The topological polar surface area (TPSA) is 46.4 Å². The number of para-hydroxylation sites is 2. The first-order valence-electron chi connectivity index (χ1n) is 6.09. The number of anilines is 1. The van der Waals surface area contributed by atoms with Crippen molar-refractivity contribution in [2.45, 2.75) is 0 Å². The minimum Gasteiger partial charge on any atom is -0.372 e. The molecule has 0 saturated carbocycles. The summed E-state index contributed by atoms with van der Waals surface area (Å²) in [6, 6.07) is 4.82. The van der Waals surface area contributed by atoms with E-state index in [0.717, 1.165) is 12.1 Å². The molecule has 0 aliphatic rings. The van der Waals surface area contributed by atoms with Crippen molar-refractivity contribution in [3.05, 3.63) is 34.4 Å². The molecule has 1 aromatic rings. The smallest absolute Gasteiger partial charge is 0.292 e. The Bertz CT molecular complexity index is 442. The lowest BCUT2D eigenvalue weighted by Crippen LogP contribution is -2.10. The maximum absolute atomic E-state index is 10.8. The zero-order chi connectivity index (χ0) is 14.1. The van der Waals surface area contributed by atoms with Crippen molar-refractivity contribution < 1.29 is 13.1 Å². The van der Waals surface area contributed by atoms with E-state index in [1.54, 1.807) is 0 Å². The maximum Gasteiger partial charge on any atom is 0.292 e. The molecule has 1 aromatic carbocycles. The molecule has 12 heavy (non-hydrogen) atoms. The summed E-state index contributed by atoms with van der Waals surface area (Å²) < 4.78 is 43.2. The van der Waals surface area contributed by atoms with Gasteiger partial charge in [0, 0.05) is 28.2 Å². The van der Waals surface area contributed by atoms with Gasteiger partial charge in [-0.2, -0.15) is 0 Å². The van der Waals surface area contributed by atoms with Gasteiger partial charge in [-0.3, -0.25) is 10.1 Å². The van der Waals surface area contributed by atoms with E-state index in [4.69, 9.17) is 8.22 Å². The minimum atomic E-state index is -3.00. The zero-order valence-electron chi connectivity index (χ0n) is 12.0. The maximum atomic E-state index is 10.8. The lowest BCUT2D eigenvalue weighted by molar-refractivity contribution is -0.384. The summed E-state index contributed by atoms with van der Waals surface area (Å²) >= 11 is 0. The molecule has 64 valence electrons. The average molecular weight is 172 g/mol. The van der Waals surface area contributed by atoms with Crippen molar-refractivity contribution in [1.82, 2.24) is 0 Å². The Morgan fingerprint density at radius 1 is 1.50 bits per heavy atom. The third-order valence-electron chi connectivity index (χ3n) is 1.32. The molecule has 0 aromatic heterocycles. The van der Waals surface area contributed by atoms with Gasteiger partial charge in [0.25, 0.3) is 5.69 Å². The Hall–Kier alpha value is -1.58. The molecule has 4 heteroatoms. The van der Waals surface area contributed by atoms with Gasteiger partial charge in [0.1, 0.15) is 5.69 Å². The molecule has 0 aliphatic heterocycles. The Labute approximate surface area is 79.0 Å². The van der Waals surface area contributed by atoms with E-state index in [-0.39, 0.29) is 4.90 Å². The van der Waals surface area contributed by atoms with E-state index in [2.05, 4.69) is 0 Å². The van der Waals surface area contributed by atoms with Gasteiger partial charge < -0.3 is 4.90 Å². The van der Waals surface area contributed by atoms with Crippen molar-refractivity contribution >= 4 is 11.4 Å². The van der Waals surface area contributed by atoms with Crippen molar-refractivity contribution in [2.24, 2.45) is 0 Å². The Balaban J connectivity index is 3.45. The summed E-state index contributed by atoms with van der Waals surface area (Å²) in [5.74, 6) is 0. The monoisotopic (exact) mass is 172 g/mol. The first kappa shape index (κ1) is 3.43. The molecule has 0 amide bonds. The van der Waals surface area contributed by atoms with E-state index >= 15 is 0 Å². The number of nitro benzene ring substituents is 1. The molecule has 0 atom stereocenters. The third kappa shape index (κ3) is 1.53. The van der Waals surface area contributed by atoms with Gasteiger partial charge in [0.05, 0.1) is 4.92 Å². The summed E-state index contributed by atoms with van der Waals surface area (Å²) in [5.41, 5.74) is -1.02. The van der Waals surface area contributed by atoms with E-state index in [0.29, 0.717) is 0 Å². The number of rotatable bonds is 2. The van der Waals surface area contributed by atoms with E-state index < -0.39 is 30.2 Å². The van der Waals surface area contributed by atoms with Crippen LogP contribution < -0.4 is 4.90 Å². The van der Waals surface area contributed by atoms with Gasteiger partial charge in [0.15, 0.2) is 0 Å². The van der Waals surface area contributed by atoms with Crippen molar-refractivity contribution in [3.63, 3.8) is 0 Å². The predicted molar refractivity (Wildman–Crippen MR) is 47.4 cm³/mol. The highest BCUT2D eigenvalue weighted by Gasteiger charge is 2.12. The fraction of sp³-hybridized carbons (Fsp3) is 0.250. The van der Waals surface area contributed by atoms with Gasteiger partial charge in [-0.1, -0.05) is 12.1 Å². The number of hydrogen-bond acceptors (Lipinski definition) is 3. The Morgan fingerprint density at radius 2 is 2.17 bits per heavy atom. The van der Waals surface area contributed by atoms with Crippen LogP contribution in [-0.2, 0) is 0 Å². The summed E-state index contributed by atoms with van der Waals surface area (Å²) in [5, 5.41) is 10.8. The molecule has 4 nitrogen and oxygen atoms in total. The minimum absolute atomic E-state index is 0.0954.